The standard InChI is InChI=1S/C13H23NOS/c1-4-5-11(2)9-15-10-13-7-6-12(16-13)8-14-3/h6-7,11,14H,4-5,8-10H2,1-3H3. The lowest BCUT2D eigenvalue weighted by Crippen LogP contribution is -2.05. The molecule has 0 saturated carbocycles. The third kappa shape index (κ3) is 5.10. The number of thiophene rings is 1. The van der Waals surface area contributed by atoms with E-state index in [-0.39, 0.29) is 0 Å². The van der Waals surface area contributed by atoms with Crippen LogP contribution in [0.4, 0.5) is 0 Å². The van der Waals surface area contributed by atoms with E-state index >= 15 is 0 Å². The summed E-state index contributed by atoms with van der Waals surface area (Å²) in [6.07, 6.45) is 2.51. The maximum absolute atomic E-state index is 5.72. The first-order valence-corrected chi connectivity index (χ1v) is 6.87. The maximum Gasteiger partial charge on any atom is 0.0809 e. The Balaban J connectivity index is 2.21. The van der Waals surface area contributed by atoms with Crippen LogP contribution in [0.25, 0.3) is 0 Å². The number of nitrogens with one attached hydrogen (secondary N) is 1. The molecule has 0 aliphatic heterocycles. The van der Waals surface area contributed by atoms with Crippen molar-refractivity contribution in [3.8, 4) is 0 Å². The minimum absolute atomic E-state index is 0.682. The van der Waals surface area contributed by atoms with Gasteiger partial charge >= 0.3 is 0 Å². The highest BCUT2D eigenvalue weighted by Crippen LogP contribution is 2.17. The van der Waals surface area contributed by atoms with E-state index in [2.05, 4.69) is 31.3 Å². The van der Waals surface area contributed by atoms with Crippen LogP contribution in [0.1, 0.15) is 36.4 Å². The first-order valence-electron chi connectivity index (χ1n) is 6.06. The van der Waals surface area contributed by atoms with Crippen LogP contribution < -0.4 is 5.32 Å². The lowest BCUT2D eigenvalue weighted by atomic mass is 10.1. The molecule has 0 amide bonds. The Kier molecular flexibility index (Phi) is 6.69. The van der Waals surface area contributed by atoms with Crippen LogP contribution in [0, 0.1) is 5.92 Å². The second kappa shape index (κ2) is 7.82. The van der Waals surface area contributed by atoms with Crippen LogP contribution in [0.2, 0.25) is 0 Å². The molecule has 0 saturated heterocycles. The minimum Gasteiger partial charge on any atom is -0.376 e. The fourth-order valence-corrected chi connectivity index (χ4v) is 2.67. The van der Waals surface area contributed by atoms with Crippen LogP contribution in [0.15, 0.2) is 12.1 Å². The van der Waals surface area contributed by atoms with Crippen molar-refractivity contribution in [3.05, 3.63) is 21.9 Å². The van der Waals surface area contributed by atoms with Crippen LogP contribution in [-0.4, -0.2) is 13.7 Å². The Hall–Kier alpha value is -0.380. The highest BCUT2D eigenvalue weighted by Gasteiger charge is 2.03. The number of ether oxygens (including phenoxy) is 1. The van der Waals surface area contributed by atoms with E-state index < -0.39 is 0 Å². The van der Waals surface area contributed by atoms with Crippen molar-refractivity contribution >= 4 is 11.3 Å². The Morgan fingerprint density at radius 1 is 1.38 bits per heavy atom. The van der Waals surface area contributed by atoms with Gasteiger partial charge in [-0.15, -0.1) is 11.3 Å². The Labute approximate surface area is 103 Å². The van der Waals surface area contributed by atoms with Crippen molar-refractivity contribution in [2.75, 3.05) is 13.7 Å². The fourth-order valence-electron chi connectivity index (χ4n) is 1.71. The Morgan fingerprint density at radius 3 is 2.81 bits per heavy atom. The molecule has 16 heavy (non-hydrogen) atoms. The first kappa shape index (κ1) is 13.7. The molecule has 1 N–H and O–H groups in total. The van der Waals surface area contributed by atoms with E-state index in [4.69, 9.17) is 4.74 Å². The van der Waals surface area contributed by atoms with Crippen LogP contribution in [0.5, 0.6) is 0 Å². The van der Waals surface area contributed by atoms with Crippen molar-refractivity contribution in [2.45, 2.75) is 39.8 Å². The molecular weight excluding hydrogens is 218 g/mol. The molecule has 0 aliphatic carbocycles. The van der Waals surface area contributed by atoms with Crippen molar-refractivity contribution < 1.29 is 4.74 Å². The molecule has 1 heterocycles. The van der Waals surface area contributed by atoms with Gasteiger partial charge < -0.3 is 10.1 Å². The smallest absolute Gasteiger partial charge is 0.0809 e. The molecule has 1 aromatic heterocycles. The monoisotopic (exact) mass is 241 g/mol. The number of hydrogen-bond acceptors (Lipinski definition) is 3. The molecule has 0 aliphatic rings. The molecular formula is C13H23NOS. The molecule has 3 heteroatoms. The van der Waals surface area contributed by atoms with E-state index in [1.165, 1.54) is 22.6 Å². The summed E-state index contributed by atoms with van der Waals surface area (Å²) in [6, 6.07) is 4.34. The van der Waals surface area contributed by atoms with Gasteiger partial charge in [-0.2, -0.15) is 0 Å². The van der Waals surface area contributed by atoms with E-state index in [1.807, 2.05) is 18.4 Å². The van der Waals surface area contributed by atoms with Gasteiger partial charge in [-0.25, -0.2) is 0 Å². The maximum atomic E-state index is 5.72. The van der Waals surface area contributed by atoms with Gasteiger partial charge in [0.05, 0.1) is 6.61 Å². The van der Waals surface area contributed by atoms with Gasteiger partial charge in [-0.05, 0) is 31.5 Å². The predicted molar refractivity (Wildman–Crippen MR) is 70.8 cm³/mol. The van der Waals surface area contributed by atoms with Crippen LogP contribution in [-0.2, 0) is 17.9 Å². The molecule has 0 fully saturated rings. The van der Waals surface area contributed by atoms with Gasteiger partial charge in [-0.1, -0.05) is 20.3 Å². The average molecular weight is 241 g/mol. The van der Waals surface area contributed by atoms with Gasteiger partial charge in [0, 0.05) is 22.9 Å². The zero-order valence-corrected chi connectivity index (χ0v) is 11.4. The first-order chi connectivity index (χ1) is 7.76. The van der Waals surface area contributed by atoms with Gasteiger partial charge in [0.1, 0.15) is 0 Å². The van der Waals surface area contributed by atoms with E-state index in [0.29, 0.717) is 5.92 Å². The summed E-state index contributed by atoms with van der Waals surface area (Å²) in [6.45, 7) is 7.08. The summed E-state index contributed by atoms with van der Waals surface area (Å²) in [5.41, 5.74) is 0. The topological polar surface area (TPSA) is 21.3 Å². The van der Waals surface area contributed by atoms with Gasteiger partial charge in [0.25, 0.3) is 0 Å². The van der Waals surface area contributed by atoms with Gasteiger partial charge in [0.15, 0.2) is 0 Å². The van der Waals surface area contributed by atoms with Crippen molar-refractivity contribution in [3.63, 3.8) is 0 Å². The molecule has 1 unspecified atom stereocenters. The SMILES string of the molecule is CCCC(C)COCc1ccc(CNC)s1. The normalized spacial score (nSPS) is 12.9. The molecule has 0 bridgehead atoms. The highest BCUT2D eigenvalue weighted by atomic mass is 32.1. The van der Waals surface area contributed by atoms with Crippen molar-refractivity contribution in [1.82, 2.24) is 5.32 Å². The zero-order chi connectivity index (χ0) is 11.8. The summed E-state index contributed by atoms with van der Waals surface area (Å²) in [7, 11) is 1.97. The Bertz CT molecular complexity index is 285. The number of rotatable bonds is 8. The summed E-state index contributed by atoms with van der Waals surface area (Å²) in [5.74, 6) is 0.682. The molecule has 0 spiro atoms. The van der Waals surface area contributed by atoms with Crippen LogP contribution in [0.3, 0.4) is 0 Å². The Morgan fingerprint density at radius 2 is 2.12 bits per heavy atom. The summed E-state index contributed by atoms with van der Waals surface area (Å²) in [5, 5.41) is 3.16. The molecule has 1 aromatic rings. The van der Waals surface area contributed by atoms with E-state index in [9.17, 15) is 0 Å². The van der Waals surface area contributed by atoms with E-state index in [1.54, 1.807) is 0 Å². The molecule has 1 rings (SSSR count). The highest BCUT2D eigenvalue weighted by molar-refractivity contribution is 7.11. The second-order valence-corrected chi connectivity index (χ2v) is 5.56. The predicted octanol–water partition coefficient (Wildman–Crippen LogP) is 3.42. The molecule has 0 radical (unpaired) electrons. The average Bonchev–Trinajstić information content (AvgIpc) is 2.67. The summed E-state index contributed by atoms with van der Waals surface area (Å²) < 4.78 is 5.72. The zero-order valence-electron chi connectivity index (χ0n) is 10.6. The van der Waals surface area contributed by atoms with E-state index in [0.717, 1.165) is 19.8 Å². The molecule has 1 atom stereocenters. The lowest BCUT2D eigenvalue weighted by Gasteiger charge is -2.09. The third-order valence-corrected chi connectivity index (χ3v) is 3.56. The van der Waals surface area contributed by atoms with Crippen molar-refractivity contribution in [2.24, 2.45) is 5.92 Å². The summed E-state index contributed by atoms with van der Waals surface area (Å²) >= 11 is 1.83. The lowest BCUT2D eigenvalue weighted by molar-refractivity contribution is 0.0911. The second-order valence-electron chi connectivity index (χ2n) is 4.31. The minimum atomic E-state index is 0.682. The molecule has 92 valence electrons. The number of hydrogen-bond donors (Lipinski definition) is 1. The molecule has 0 aromatic carbocycles. The van der Waals surface area contributed by atoms with Crippen molar-refractivity contribution in [1.29, 1.82) is 0 Å². The fraction of sp³-hybridized carbons (Fsp3) is 0.692. The van der Waals surface area contributed by atoms with Crippen LogP contribution >= 0.6 is 11.3 Å². The largest absolute Gasteiger partial charge is 0.376 e. The van der Waals surface area contributed by atoms with Gasteiger partial charge in [0.2, 0.25) is 0 Å². The third-order valence-electron chi connectivity index (χ3n) is 2.50. The summed E-state index contributed by atoms with van der Waals surface area (Å²) in [4.78, 5) is 2.71. The van der Waals surface area contributed by atoms with Gasteiger partial charge in [-0.3, -0.25) is 0 Å². The quantitative estimate of drug-likeness (QED) is 0.753. The molecule has 2 nitrogen and oxygen atoms in total.